The molecule has 0 unspecified atom stereocenters. The van der Waals surface area contributed by atoms with E-state index in [0.717, 1.165) is 64.8 Å². The van der Waals surface area contributed by atoms with E-state index in [1.807, 2.05) is 0 Å². The third kappa shape index (κ3) is 5.62. The maximum absolute atomic E-state index is 12.6. The molecule has 1 saturated heterocycles. The van der Waals surface area contributed by atoms with Crippen molar-refractivity contribution in [2.75, 3.05) is 58.3 Å². The summed E-state index contributed by atoms with van der Waals surface area (Å²) in [6.07, 6.45) is 7.71. The van der Waals surface area contributed by atoms with E-state index >= 15 is 0 Å². The van der Waals surface area contributed by atoms with Gasteiger partial charge in [-0.25, -0.2) is 0 Å². The number of carbonyl (C=O) groups excluding carboxylic acids is 2. The summed E-state index contributed by atoms with van der Waals surface area (Å²) in [4.78, 5) is 32.2. The van der Waals surface area contributed by atoms with Crippen LogP contribution in [0.15, 0.2) is 18.2 Å². The first-order valence-electron chi connectivity index (χ1n) is 12.4. The molecule has 2 amide bonds. The first-order valence-corrected chi connectivity index (χ1v) is 12.4. The van der Waals surface area contributed by atoms with Crippen LogP contribution in [0, 0.1) is 0 Å². The predicted molar refractivity (Wildman–Crippen MR) is 128 cm³/mol. The van der Waals surface area contributed by atoms with E-state index in [0.29, 0.717) is 6.54 Å². The molecule has 2 N–H and O–H groups in total. The van der Waals surface area contributed by atoms with Gasteiger partial charge in [0.2, 0.25) is 0 Å². The molecule has 1 aromatic carbocycles. The number of fused-ring (bicyclic) bond motifs is 1. The van der Waals surface area contributed by atoms with Crippen molar-refractivity contribution < 1.29 is 9.59 Å². The fourth-order valence-corrected chi connectivity index (χ4v) is 5.37. The minimum atomic E-state index is -0.507. The van der Waals surface area contributed by atoms with Crippen LogP contribution in [-0.4, -0.2) is 81.0 Å². The molecule has 1 saturated carbocycles. The molecule has 7 nitrogen and oxygen atoms in total. The van der Waals surface area contributed by atoms with Crippen molar-refractivity contribution in [3.63, 3.8) is 0 Å². The topological polar surface area (TPSA) is 67.9 Å². The summed E-state index contributed by atoms with van der Waals surface area (Å²) >= 11 is 0. The molecule has 1 atom stereocenters. The number of anilines is 1. The van der Waals surface area contributed by atoms with Gasteiger partial charge in [0.05, 0.1) is 6.04 Å². The van der Waals surface area contributed by atoms with Gasteiger partial charge in [-0.3, -0.25) is 14.5 Å². The molecule has 2 aliphatic heterocycles. The largest absolute Gasteiger partial charge is 0.374 e. The second-order valence-corrected chi connectivity index (χ2v) is 9.79. The molecule has 4 rings (SSSR count). The zero-order valence-corrected chi connectivity index (χ0v) is 19.7. The molecule has 0 radical (unpaired) electrons. The molecule has 1 aromatic rings. The number of benzene rings is 1. The van der Waals surface area contributed by atoms with Gasteiger partial charge in [-0.15, -0.1) is 0 Å². The maximum Gasteiger partial charge on any atom is 0.309 e. The number of nitrogens with zero attached hydrogens (tertiary/aromatic N) is 3. The lowest BCUT2D eigenvalue weighted by Crippen LogP contribution is -2.50. The fourth-order valence-electron chi connectivity index (χ4n) is 5.37. The van der Waals surface area contributed by atoms with Crippen molar-refractivity contribution in [1.82, 2.24) is 20.4 Å². The monoisotopic (exact) mass is 441 g/mol. The van der Waals surface area contributed by atoms with Gasteiger partial charge in [0.1, 0.15) is 0 Å². The minimum absolute atomic E-state index is 0.0765. The van der Waals surface area contributed by atoms with Gasteiger partial charge in [0.15, 0.2) is 0 Å². The Morgan fingerprint density at radius 2 is 1.72 bits per heavy atom. The van der Waals surface area contributed by atoms with Crippen LogP contribution in [0.3, 0.4) is 0 Å². The Morgan fingerprint density at radius 3 is 2.47 bits per heavy atom. The first kappa shape index (κ1) is 23.1. The fraction of sp³-hybridized carbons (Fsp3) is 0.680. The normalized spacial score (nSPS) is 21.6. The standard InChI is InChI=1S/C25H39N5O2/c1-28-13-15-30(16-14-28)23(20-10-11-22-19(17-20)7-6-12-29(22)2)18-26-24(31)25(32)27-21-8-4-3-5-9-21/h10-11,17,21,23H,3-9,12-16,18H2,1-2H3,(H,26,31)(H,27,32)/t23-/m1/s1. The van der Waals surface area contributed by atoms with E-state index in [4.69, 9.17) is 0 Å². The summed E-state index contributed by atoms with van der Waals surface area (Å²) in [5, 5.41) is 5.89. The van der Waals surface area contributed by atoms with Crippen LogP contribution >= 0.6 is 0 Å². The Labute approximate surface area is 192 Å². The highest BCUT2D eigenvalue weighted by molar-refractivity contribution is 6.35. The molecule has 2 fully saturated rings. The lowest BCUT2D eigenvalue weighted by Gasteiger charge is -2.39. The Hall–Kier alpha value is -2.12. The van der Waals surface area contributed by atoms with Crippen LogP contribution in [0.1, 0.15) is 55.7 Å². The number of likely N-dealkylation sites (N-methyl/N-ethyl adjacent to an activating group) is 1. The molecule has 0 bridgehead atoms. The van der Waals surface area contributed by atoms with E-state index in [2.05, 4.69) is 57.6 Å². The van der Waals surface area contributed by atoms with Crippen LogP contribution in [0.25, 0.3) is 0 Å². The van der Waals surface area contributed by atoms with Crippen molar-refractivity contribution in [2.24, 2.45) is 0 Å². The molecular formula is C25H39N5O2. The van der Waals surface area contributed by atoms with E-state index < -0.39 is 11.8 Å². The number of hydrogen-bond donors (Lipinski definition) is 2. The summed E-state index contributed by atoms with van der Waals surface area (Å²) in [6.45, 7) is 5.50. The molecule has 1 aliphatic carbocycles. The van der Waals surface area contributed by atoms with Gasteiger partial charge >= 0.3 is 11.8 Å². The minimum Gasteiger partial charge on any atom is -0.374 e. The van der Waals surface area contributed by atoms with Crippen molar-refractivity contribution in [2.45, 2.75) is 57.0 Å². The Kier molecular flexibility index (Phi) is 7.68. The molecule has 2 heterocycles. The molecule has 0 aromatic heterocycles. The highest BCUT2D eigenvalue weighted by Gasteiger charge is 2.27. The molecule has 0 spiro atoms. The van der Waals surface area contributed by atoms with Gasteiger partial charge in [-0.05, 0) is 49.9 Å². The predicted octanol–water partition coefficient (Wildman–Crippen LogP) is 1.92. The lowest BCUT2D eigenvalue weighted by molar-refractivity contribution is -0.139. The van der Waals surface area contributed by atoms with E-state index in [1.165, 1.54) is 29.7 Å². The smallest absolute Gasteiger partial charge is 0.309 e. The lowest BCUT2D eigenvalue weighted by atomic mass is 9.95. The van der Waals surface area contributed by atoms with Crippen molar-refractivity contribution in [1.29, 1.82) is 0 Å². The summed E-state index contributed by atoms with van der Waals surface area (Å²) in [6, 6.07) is 6.98. The zero-order chi connectivity index (χ0) is 22.5. The van der Waals surface area contributed by atoms with Crippen LogP contribution < -0.4 is 15.5 Å². The van der Waals surface area contributed by atoms with Gasteiger partial charge < -0.3 is 20.4 Å². The number of nitrogens with one attached hydrogen (secondary N) is 2. The summed E-state index contributed by atoms with van der Waals surface area (Å²) in [5.41, 5.74) is 3.93. The average Bonchev–Trinajstić information content (AvgIpc) is 2.81. The van der Waals surface area contributed by atoms with E-state index in [1.54, 1.807) is 0 Å². The molecular weight excluding hydrogens is 402 g/mol. The molecule has 7 heteroatoms. The van der Waals surface area contributed by atoms with E-state index in [9.17, 15) is 9.59 Å². The quantitative estimate of drug-likeness (QED) is 0.684. The SMILES string of the molecule is CN1CCN([C@H](CNC(=O)C(=O)NC2CCCCC2)c2ccc3c(c2)CCCN3C)CC1. The third-order valence-corrected chi connectivity index (χ3v) is 7.42. The maximum atomic E-state index is 12.6. The van der Waals surface area contributed by atoms with Gasteiger partial charge in [0, 0.05) is 58.0 Å². The van der Waals surface area contributed by atoms with Gasteiger partial charge in [-0.1, -0.05) is 31.4 Å². The number of rotatable bonds is 5. The first-order chi connectivity index (χ1) is 15.5. The van der Waals surface area contributed by atoms with Crippen LogP contribution in [0.2, 0.25) is 0 Å². The molecule has 3 aliphatic rings. The molecule has 176 valence electrons. The van der Waals surface area contributed by atoms with Crippen LogP contribution in [0.5, 0.6) is 0 Å². The number of aryl methyl sites for hydroxylation is 1. The van der Waals surface area contributed by atoms with Crippen LogP contribution in [-0.2, 0) is 16.0 Å². The van der Waals surface area contributed by atoms with Crippen molar-refractivity contribution in [3.05, 3.63) is 29.3 Å². The van der Waals surface area contributed by atoms with Gasteiger partial charge in [-0.2, -0.15) is 0 Å². The van der Waals surface area contributed by atoms with Crippen molar-refractivity contribution in [3.8, 4) is 0 Å². The second-order valence-electron chi connectivity index (χ2n) is 9.79. The highest BCUT2D eigenvalue weighted by Crippen LogP contribution is 2.31. The Balaban J connectivity index is 1.44. The molecule has 32 heavy (non-hydrogen) atoms. The second kappa shape index (κ2) is 10.7. The Morgan fingerprint density at radius 1 is 0.969 bits per heavy atom. The third-order valence-electron chi connectivity index (χ3n) is 7.42. The van der Waals surface area contributed by atoms with Crippen molar-refractivity contribution >= 4 is 17.5 Å². The van der Waals surface area contributed by atoms with Crippen LogP contribution in [0.4, 0.5) is 5.69 Å². The van der Waals surface area contributed by atoms with E-state index in [-0.39, 0.29) is 12.1 Å². The zero-order valence-electron chi connectivity index (χ0n) is 19.7. The summed E-state index contributed by atoms with van der Waals surface area (Å²) in [5.74, 6) is -0.992. The Bertz CT molecular complexity index is 800. The summed E-state index contributed by atoms with van der Waals surface area (Å²) in [7, 11) is 4.30. The number of amides is 2. The summed E-state index contributed by atoms with van der Waals surface area (Å²) < 4.78 is 0. The number of hydrogen-bond acceptors (Lipinski definition) is 5. The number of piperazine rings is 1. The highest BCUT2D eigenvalue weighted by atomic mass is 16.2. The van der Waals surface area contributed by atoms with Gasteiger partial charge in [0.25, 0.3) is 0 Å². The average molecular weight is 442 g/mol. The number of carbonyl (C=O) groups is 2.